The number of benzene rings is 3. The molecule has 7 nitrogen and oxygen atoms in total. The van der Waals surface area contributed by atoms with Crippen molar-refractivity contribution in [2.24, 2.45) is 0 Å². The second kappa shape index (κ2) is 11.0. The molecule has 0 saturated heterocycles. The molecule has 0 fully saturated rings. The number of rotatable bonds is 4. The van der Waals surface area contributed by atoms with Gasteiger partial charge in [-0.3, -0.25) is 4.79 Å². The molecule has 0 bridgehead atoms. The molecule has 0 spiro atoms. The second-order valence-electron chi connectivity index (χ2n) is 8.69. The number of nitrogens with one attached hydrogen (secondary N) is 1. The Balaban J connectivity index is 0.000000623. The van der Waals surface area contributed by atoms with E-state index >= 15 is 0 Å². The highest BCUT2D eigenvalue weighted by molar-refractivity contribution is 5.89. The molecule has 0 radical (unpaired) electrons. The van der Waals surface area contributed by atoms with Crippen LogP contribution in [0.1, 0.15) is 39.9 Å². The minimum Gasteiger partial charge on any atom is -0.465 e. The Morgan fingerprint density at radius 2 is 1.37 bits per heavy atom. The Labute approximate surface area is 207 Å². The van der Waals surface area contributed by atoms with Crippen LogP contribution < -0.4 is 19.9 Å². The second-order valence-corrected chi connectivity index (χ2v) is 8.69. The summed E-state index contributed by atoms with van der Waals surface area (Å²) in [6, 6.07) is 20.2. The van der Waals surface area contributed by atoms with Gasteiger partial charge in [-0.15, -0.1) is 0 Å². The number of nitrogens with zero attached hydrogens (tertiary/aromatic N) is 2. The molecule has 1 aliphatic rings. The summed E-state index contributed by atoms with van der Waals surface area (Å²) in [7, 11) is 11.1. The zero-order valence-corrected chi connectivity index (χ0v) is 21.4. The van der Waals surface area contributed by atoms with Crippen LogP contribution >= 0.6 is 0 Å². The summed E-state index contributed by atoms with van der Waals surface area (Å²) in [6.45, 7) is 1.47. The molecule has 4 rings (SSSR count). The van der Waals surface area contributed by atoms with Gasteiger partial charge >= 0.3 is 5.97 Å². The van der Waals surface area contributed by atoms with E-state index < -0.39 is 0 Å². The number of carbonyl (C=O) groups excluding carboxylic acids is 2. The first-order valence-corrected chi connectivity index (χ1v) is 11.3. The summed E-state index contributed by atoms with van der Waals surface area (Å²) in [5, 5.41) is 2.39. The van der Waals surface area contributed by atoms with Crippen molar-refractivity contribution < 1.29 is 19.1 Å². The van der Waals surface area contributed by atoms with Crippen molar-refractivity contribution in [3.63, 3.8) is 0 Å². The van der Waals surface area contributed by atoms with E-state index in [0.717, 1.165) is 39.6 Å². The molecule has 0 saturated carbocycles. The zero-order chi connectivity index (χ0) is 25.7. The third kappa shape index (κ3) is 5.74. The number of anilines is 2. The number of fused-ring (bicyclic) bond motifs is 2. The lowest BCUT2D eigenvalue weighted by atomic mass is 9.82. The molecule has 0 atom stereocenters. The topological polar surface area (TPSA) is 71.1 Å². The summed E-state index contributed by atoms with van der Waals surface area (Å²) in [4.78, 5) is 25.9. The van der Waals surface area contributed by atoms with Gasteiger partial charge in [-0.2, -0.15) is 0 Å². The highest BCUT2D eigenvalue weighted by Crippen LogP contribution is 2.49. The Kier molecular flexibility index (Phi) is 8.02. The van der Waals surface area contributed by atoms with Gasteiger partial charge in [0.15, 0.2) is 0 Å². The van der Waals surface area contributed by atoms with Gasteiger partial charge in [0.25, 0.3) is 0 Å². The molecule has 0 aromatic heterocycles. The van der Waals surface area contributed by atoms with Crippen molar-refractivity contribution in [1.82, 2.24) is 5.32 Å². The van der Waals surface area contributed by atoms with Gasteiger partial charge < -0.3 is 24.6 Å². The maximum Gasteiger partial charge on any atom is 0.337 e. The van der Waals surface area contributed by atoms with Crippen molar-refractivity contribution in [1.29, 1.82) is 0 Å². The lowest BCUT2D eigenvalue weighted by Gasteiger charge is -2.30. The molecule has 1 amide bonds. The van der Waals surface area contributed by atoms with Crippen LogP contribution in [0.3, 0.4) is 0 Å². The van der Waals surface area contributed by atoms with Gasteiger partial charge in [0.2, 0.25) is 5.91 Å². The molecule has 35 heavy (non-hydrogen) atoms. The van der Waals surface area contributed by atoms with Crippen LogP contribution in [-0.4, -0.2) is 54.2 Å². The molecule has 7 heteroatoms. The average Bonchev–Trinajstić information content (AvgIpc) is 2.86. The minimum atomic E-state index is -0.338. The van der Waals surface area contributed by atoms with E-state index in [2.05, 4.69) is 57.6 Å². The Hall–Kier alpha value is -4.00. The third-order valence-electron chi connectivity index (χ3n) is 5.86. The number of hydrogen-bond acceptors (Lipinski definition) is 6. The zero-order valence-electron chi connectivity index (χ0n) is 21.4. The number of ether oxygens (including phenoxy) is 2. The number of carbonyl (C=O) groups is 2. The molecule has 3 aromatic carbocycles. The molecule has 1 N–H and O–H groups in total. The van der Waals surface area contributed by atoms with Crippen molar-refractivity contribution in [2.75, 3.05) is 52.1 Å². The highest BCUT2D eigenvalue weighted by atomic mass is 16.5. The van der Waals surface area contributed by atoms with Crippen molar-refractivity contribution in [3.05, 3.63) is 82.9 Å². The lowest BCUT2D eigenvalue weighted by Crippen LogP contribution is -2.15. The first-order chi connectivity index (χ1) is 16.7. The number of hydrogen-bond donors (Lipinski definition) is 1. The molecule has 0 aliphatic carbocycles. The van der Waals surface area contributed by atoms with Gasteiger partial charge in [-0.05, 0) is 29.8 Å². The first kappa shape index (κ1) is 25.6. The average molecular weight is 476 g/mol. The smallest absolute Gasteiger partial charge is 0.337 e. The normalized spacial score (nSPS) is 11.6. The molecule has 1 aliphatic heterocycles. The predicted octanol–water partition coefficient (Wildman–Crippen LogP) is 4.64. The molecular formula is C28H33N3O4. The molecule has 3 aromatic rings. The predicted molar refractivity (Wildman–Crippen MR) is 140 cm³/mol. The fourth-order valence-corrected chi connectivity index (χ4v) is 3.86. The van der Waals surface area contributed by atoms with Gasteiger partial charge in [0.05, 0.1) is 12.7 Å². The van der Waals surface area contributed by atoms with Crippen LogP contribution in [-0.2, 0) is 9.53 Å². The van der Waals surface area contributed by atoms with Gasteiger partial charge in [0.1, 0.15) is 11.5 Å². The van der Waals surface area contributed by atoms with Gasteiger partial charge in [0, 0.05) is 82.7 Å². The number of amides is 1. The number of esters is 1. The fourth-order valence-electron chi connectivity index (χ4n) is 3.86. The van der Waals surface area contributed by atoms with Crippen LogP contribution in [0, 0.1) is 0 Å². The van der Waals surface area contributed by atoms with E-state index in [0.29, 0.717) is 5.56 Å². The summed E-state index contributed by atoms with van der Waals surface area (Å²) < 4.78 is 11.3. The third-order valence-corrected chi connectivity index (χ3v) is 5.86. The molecule has 184 valence electrons. The lowest BCUT2D eigenvalue weighted by molar-refractivity contribution is -0.118. The Bertz CT molecular complexity index is 1160. The monoisotopic (exact) mass is 475 g/mol. The summed E-state index contributed by atoms with van der Waals surface area (Å²) in [5.41, 5.74) is 5.87. The Morgan fingerprint density at radius 3 is 1.80 bits per heavy atom. The first-order valence-electron chi connectivity index (χ1n) is 11.3. The van der Waals surface area contributed by atoms with Crippen LogP contribution in [0.15, 0.2) is 60.7 Å². The van der Waals surface area contributed by atoms with E-state index in [1.807, 2.05) is 40.3 Å². The Morgan fingerprint density at radius 1 is 0.857 bits per heavy atom. The van der Waals surface area contributed by atoms with Crippen molar-refractivity contribution >= 4 is 23.3 Å². The van der Waals surface area contributed by atoms with Crippen LogP contribution in [0.4, 0.5) is 11.4 Å². The van der Waals surface area contributed by atoms with E-state index in [1.165, 1.54) is 14.0 Å². The quantitative estimate of drug-likeness (QED) is 0.434. The van der Waals surface area contributed by atoms with E-state index in [9.17, 15) is 9.59 Å². The SMILES string of the molecule is CNC(C)=O.COC(=O)c1cccc(C2c3ccc(N(C)C)cc3Oc3cc(N(C)C)ccc32)c1. The highest BCUT2D eigenvalue weighted by Gasteiger charge is 2.30. The van der Waals surface area contributed by atoms with Gasteiger partial charge in [-0.1, -0.05) is 24.3 Å². The van der Waals surface area contributed by atoms with E-state index in [4.69, 9.17) is 9.47 Å². The number of methoxy groups -OCH3 is 1. The standard InChI is InChI=1S/C25H26N2O3.C3H7NO/c1-26(2)18-9-11-20-22(14-18)30-23-15-19(27(3)4)10-12-21(23)24(20)16-7-6-8-17(13-16)25(28)29-5;1-3(5)4-2/h6-15,24H,1-5H3;1-2H3,(H,4,5). The van der Waals surface area contributed by atoms with E-state index in [1.54, 1.807) is 13.1 Å². The maximum absolute atomic E-state index is 12.1. The molecule has 0 unspecified atom stereocenters. The van der Waals surface area contributed by atoms with Crippen molar-refractivity contribution in [2.45, 2.75) is 12.8 Å². The minimum absolute atomic E-state index is 0.00463. The summed E-state index contributed by atoms with van der Waals surface area (Å²) in [6.07, 6.45) is 0. The largest absolute Gasteiger partial charge is 0.465 e. The summed E-state index contributed by atoms with van der Waals surface area (Å²) >= 11 is 0. The maximum atomic E-state index is 12.1. The fraction of sp³-hybridized carbons (Fsp3) is 0.286. The molecular weight excluding hydrogens is 442 g/mol. The molecule has 1 heterocycles. The van der Waals surface area contributed by atoms with Crippen LogP contribution in [0.2, 0.25) is 0 Å². The van der Waals surface area contributed by atoms with Crippen LogP contribution in [0.5, 0.6) is 11.5 Å². The van der Waals surface area contributed by atoms with Gasteiger partial charge in [-0.25, -0.2) is 4.79 Å². The summed E-state index contributed by atoms with van der Waals surface area (Å²) in [5.74, 6) is 1.29. The van der Waals surface area contributed by atoms with E-state index in [-0.39, 0.29) is 17.8 Å². The van der Waals surface area contributed by atoms with Crippen LogP contribution in [0.25, 0.3) is 0 Å². The van der Waals surface area contributed by atoms with Crippen molar-refractivity contribution in [3.8, 4) is 11.5 Å².